The van der Waals surface area contributed by atoms with Crippen LogP contribution in [0, 0.1) is 6.92 Å². The van der Waals surface area contributed by atoms with Crippen molar-refractivity contribution in [1.82, 2.24) is 20.2 Å². The summed E-state index contributed by atoms with van der Waals surface area (Å²) in [6.45, 7) is 2.34. The molecule has 0 aliphatic carbocycles. The van der Waals surface area contributed by atoms with Crippen molar-refractivity contribution in [3.63, 3.8) is 0 Å². The first kappa shape index (κ1) is 23.2. The van der Waals surface area contributed by atoms with Crippen LogP contribution < -0.4 is 0 Å². The molecular formula is C28H24N4O4. The maximum atomic E-state index is 11.1. The Bertz CT molecular complexity index is 1470. The van der Waals surface area contributed by atoms with Crippen molar-refractivity contribution in [3.8, 4) is 22.5 Å². The first-order valence-corrected chi connectivity index (χ1v) is 11.5. The molecule has 36 heavy (non-hydrogen) atoms. The highest BCUT2D eigenvalue weighted by molar-refractivity contribution is 5.72. The predicted molar refractivity (Wildman–Crippen MR) is 133 cm³/mol. The summed E-state index contributed by atoms with van der Waals surface area (Å²) in [5.41, 5.74) is 6.09. The summed E-state index contributed by atoms with van der Waals surface area (Å²) in [6.07, 6.45) is 0.678. The molecule has 1 atom stereocenters. The van der Waals surface area contributed by atoms with E-state index in [1.165, 1.54) is 0 Å². The summed E-state index contributed by atoms with van der Waals surface area (Å²) in [4.78, 5) is 10.9. The number of carbonyl (C=O) groups is 1. The fraction of sp³-hybridized carbons (Fsp3) is 0.143. The number of aliphatic hydroxyl groups excluding tert-OH is 1. The third-order valence-corrected chi connectivity index (χ3v) is 6.00. The number of hydrogen-bond donors (Lipinski definition) is 2. The zero-order chi connectivity index (χ0) is 25.1. The smallest absolute Gasteiger partial charge is 0.307 e. The summed E-state index contributed by atoms with van der Waals surface area (Å²) in [5.74, 6) is -0.382. The van der Waals surface area contributed by atoms with Crippen LogP contribution in [0.15, 0.2) is 89.6 Å². The number of aryl methyl sites for hydroxylation is 1. The average Bonchev–Trinajstić information content (AvgIpc) is 3.51. The van der Waals surface area contributed by atoms with E-state index in [-0.39, 0.29) is 6.42 Å². The summed E-state index contributed by atoms with van der Waals surface area (Å²) >= 11 is 0. The Morgan fingerprint density at radius 2 is 1.56 bits per heavy atom. The topological polar surface area (TPSA) is 114 Å². The van der Waals surface area contributed by atoms with Crippen molar-refractivity contribution >= 4 is 5.97 Å². The lowest BCUT2D eigenvalue weighted by atomic mass is 9.98. The SMILES string of the molecule is Cc1noc(-c2ccc(-c3ccc(CC(=O)O)cc3)cc2)c1C(O)c1cn(Cc2ccccc2)nn1. The van der Waals surface area contributed by atoms with Gasteiger partial charge in [0, 0.05) is 5.56 Å². The number of carboxylic acids is 1. The van der Waals surface area contributed by atoms with Crippen LogP contribution in [-0.4, -0.2) is 36.3 Å². The standard InChI is InChI=1S/C28H24N4O4/c1-18-26(27(35)24-17-32(31-29-24)16-20-5-3-2-4-6-20)28(36-30-18)23-13-11-22(12-14-23)21-9-7-19(8-10-21)15-25(33)34/h2-14,17,27,35H,15-16H2,1H3,(H,33,34). The van der Waals surface area contributed by atoms with Gasteiger partial charge in [-0.1, -0.05) is 89.2 Å². The lowest BCUT2D eigenvalue weighted by Crippen LogP contribution is -2.03. The van der Waals surface area contributed by atoms with E-state index >= 15 is 0 Å². The van der Waals surface area contributed by atoms with Crippen LogP contribution in [-0.2, 0) is 17.8 Å². The monoisotopic (exact) mass is 480 g/mol. The largest absolute Gasteiger partial charge is 0.481 e. The van der Waals surface area contributed by atoms with E-state index in [4.69, 9.17) is 9.63 Å². The van der Waals surface area contributed by atoms with Gasteiger partial charge in [-0.25, -0.2) is 4.68 Å². The molecule has 180 valence electrons. The van der Waals surface area contributed by atoms with E-state index < -0.39 is 12.1 Å². The molecule has 2 N–H and O–H groups in total. The molecule has 0 spiro atoms. The minimum Gasteiger partial charge on any atom is -0.481 e. The lowest BCUT2D eigenvalue weighted by molar-refractivity contribution is -0.136. The molecule has 0 saturated carbocycles. The Morgan fingerprint density at radius 1 is 0.917 bits per heavy atom. The van der Waals surface area contributed by atoms with Crippen molar-refractivity contribution in [1.29, 1.82) is 0 Å². The van der Waals surface area contributed by atoms with E-state index in [1.807, 2.05) is 78.9 Å². The van der Waals surface area contributed by atoms with Crippen molar-refractivity contribution in [2.24, 2.45) is 0 Å². The van der Waals surface area contributed by atoms with Crippen molar-refractivity contribution in [2.75, 3.05) is 0 Å². The number of aliphatic carboxylic acids is 1. The highest BCUT2D eigenvalue weighted by atomic mass is 16.5. The van der Waals surface area contributed by atoms with Crippen LogP contribution in [0.2, 0.25) is 0 Å². The van der Waals surface area contributed by atoms with Gasteiger partial charge in [0.25, 0.3) is 0 Å². The van der Waals surface area contributed by atoms with Gasteiger partial charge in [0.1, 0.15) is 11.8 Å². The van der Waals surface area contributed by atoms with Gasteiger partial charge in [-0.15, -0.1) is 5.10 Å². The Hall–Kier alpha value is -4.56. The first-order chi connectivity index (χ1) is 17.5. The molecule has 0 amide bonds. The summed E-state index contributed by atoms with van der Waals surface area (Å²) in [7, 11) is 0. The minimum absolute atomic E-state index is 0.00478. The van der Waals surface area contributed by atoms with Crippen LogP contribution >= 0.6 is 0 Å². The van der Waals surface area contributed by atoms with Crippen molar-refractivity contribution < 1.29 is 19.5 Å². The maximum Gasteiger partial charge on any atom is 0.307 e. The van der Waals surface area contributed by atoms with Crippen molar-refractivity contribution in [3.05, 3.63) is 113 Å². The van der Waals surface area contributed by atoms with Crippen LogP contribution in [0.5, 0.6) is 0 Å². The van der Waals surface area contributed by atoms with Gasteiger partial charge in [-0.05, 0) is 29.2 Å². The van der Waals surface area contributed by atoms with E-state index in [2.05, 4.69) is 15.5 Å². The summed E-state index contributed by atoms with van der Waals surface area (Å²) in [5, 5.41) is 32.5. The molecule has 0 aliphatic rings. The zero-order valence-corrected chi connectivity index (χ0v) is 19.6. The van der Waals surface area contributed by atoms with E-state index in [0.29, 0.717) is 29.3 Å². The molecule has 5 aromatic rings. The first-order valence-electron chi connectivity index (χ1n) is 11.5. The highest BCUT2D eigenvalue weighted by Gasteiger charge is 2.25. The minimum atomic E-state index is -1.04. The average molecular weight is 481 g/mol. The van der Waals surface area contributed by atoms with E-state index in [1.54, 1.807) is 17.8 Å². The second kappa shape index (κ2) is 9.97. The normalized spacial score (nSPS) is 11.9. The van der Waals surface area contributed by atoms with Gasteiger partial charge in [-0.2, -0.15) is 0 Å². The molecular weight excluding hydrogens is 456 g/mol. The van der Waals surface area contributed by atoms with Gasteiger partial charge < -0.3 is 14.7 Å². The quantitative estimate of drug-likeness (QED) is 0.332. The third kappa shape index (κ3) is 4.94. The molecule has 0 bridgehead atoms. The van der Waals surface area contributed by atoms with Crippen LogP contribution in [0.1, 0.15) is 34.2 Å². The summed E-state index contributed by atoms with van der Waals surface area (Å²) in [6, 6.07) is 25.1. The molecule has 2 aromatic heterocycles. The van der Waals surface area contributed by atoms with Crippen LogP contribution in [0.4, 0.5) is 0 Å². The molecule has 2 heterocycles. The Labute approximate surface area is 207 Å². The molecule has 8 nitrogen and oxygen atoms in total. The Morgan fingerprint density at radius 3 is 2.22 bits per heavy atom. The third-order valence-electron chi connectivity index (χ3n) is 6.00. The van der Waals surface area contributed by atoms with Crippen molar-refractivity contribution in [2.45, 2.75) is 26.0 Å². The Kier molecular flexibility index (Phi) is 6.42. The molecule has 8 heteroatoms. The Balaban J connectivity index is 1.36. The molecule has 1 unspecified atom stereocenters. The molecule has 0 saturated heterocycles. The molecule has 0 fully saturated rings. The van der Waals surface area contributed by atoms with Gasteiger partial charge >= 0.3 is 5.97 Å². The van der Waals surface area contributed by atoms with Gasteiger partial charge in [0.15, 0.2) is 5.76 Å². The summed E-state index contributed by atoms with van der Waals surface area (Å²) < 4.78 is 7.29. The zero-order valence-electron chi connectivity index (χ0n) is 19.6. The van der Waals surface area contributed by atoms with Crippen LogP contribution in [0.3, 0.4) is 0 Å². The van der Waals surface area contributed by atoms with E-state index in [9.17, 15) is 9.90 Å². The molecule has 3 aromatic carbocycles. The second-order valence-electron chi connectivity index (χ2n) is 8.58. The predicted octanol–water partition coefficient (Wildman–Crippen LogP) is 4.67. The number of nitrogens with zero attached hydrogens (tertiary/aromatic N) is 4. The van der Waals surface area contributed by atoms with Gasteiger partial charge in [0.05, 0.1) is 30.4 Å². The van der Waals surface area contributed by atoms with Gasteiger partial charge in [0.2, 0.25) is 0 Å². The number of carboxylic acid groups (broad SMARTS) is 1. The molecule has 5 rings (SSSR count). The lowest BCUT2D eigenvalue weighted by Gasteiger charge is -2.09. The fourth-order valence-electron chi connectivity index (χ4n) is 4.15. The fourth-order valence-corrected chi connectivity index (χ4v) is 4.15. The molecule has 0 aliphatic heterocycles. The number of aromatic nitrogens is 4. The number of aliphatic hydroxyl groups is 1. The number of benzene rings is 3. The van der Waals surface area contributed by atoms with Crippen LogP contribution in [0.25, 0.3) is 22.5 Å². The molecule has 0 radical (unpaired) electrons. The second-order valence-corrected chi connectivity index (χ2v) is 8.58. The number of rotatable bonds is 8. The van der Waals surface area contributed by atoms with Gasteiger partial charge in [-0.3, -0.25) is 4.79 Å². The maximum absolute atomic E-state index is 11.1. The highest BCUT2D eigenvalue weighted by Crippen LogP contribution is 2.34. The van der Waals surface area contributed by atoms with E-state index in [0.717, 1.165) is 27.8 Å². The number of hydrogen-bond acceptors (Lipinski definition) is 6.